The monoisotopic (exact) mass is 364 g/mol. The number of carboxylic acid groups (broad SMARTS) is 1. The van der Waals surface area contributed by atoms with Crippen molar-refractivity contribution >= 4 is 12.2 Å². The predicted octanol–water partition coefficient (Wildman–Crippen LogP) is 3.56. The molecule has 0 aromatic carbocycles. The summed E-state index contributed by atoms with van der Waals surface area (Å²) >= 11 is 0. The van der Waals surface area contributed by atoms with Crippen LogP contribution in [0.4, 0.5) is 9.59 Å². The van der Waals surface area contributed by atoms with Crippen LogP contribution in [0.5, 0.6) is 0 Å². The standard InChI is InChI=1S/C20H32N2O4/c1-11(2)10-26-19(23)21-16-3-4-22(20(24)25)18(16)17-14-6-12-5-13(8-14)9-15(17)7-12/h11-18H,3-10H2,1-2H3,(H,21,23)(H,24,25)/t12?,13?,14?,15?,16?,17?,18-/m0/s1. The van der Waals surface area contributed by atoms with Crippen LogP contribution in [0.3, 0.4) is 0 Å². The summed E-state index contributed by atoms with van der Waals surface area (Å²) in [5.41, 5.74) is 0. The Kier molecular flexibility index (Phi) is 4.78. The van der Waals surface area contributed by atoms with Crippen molar-refractivity contribution in [3.63, 3.8) is 0 Å². The molecule has 1 aliphatic heterocycles. The minimum Gasteiger partial charge on any atom is -0.465 e. The maximum absolute atomic E-state index is 12.2. The number of carbonyl (C=O) groups excluding carboxylic acids is 1. The van der Waals surface area contributed by atoms with Crippen LogP contribution in [-0.2, 0) is 4.74 Å². The number of hydrogen-bond acceptors (Lipinski definition) is 3. The van der Waals surface area contributed by atoms with Crippen LogP contribution < -0.4 is 5.32 Å². The van der Waals surface area contributed by atoms with Crippen LogP contribution in [0.25, 0.3) is 0 Å². The highest BCUT2D eigenvalue weighted by molar-refractivity contribution is 5.69. The van der Waals surface area contributed by atoms with Gasteiger partial charge in [-0.15, -0.1) is 0 Å². The number of likely N-dealkylation sites (tertiary alicyclic amines) is 1. The second-order valence-electron chi connectivity index (χ2n) is 9.51. The zero-order valence-electron chi connectivity index (χ0n) is 15.9. The number of alkyl carbamates (subject to hydrolysis) is 1. The van der Waals surface area contributed by atoms with Gasteiger partial charge in [-0.2, -0.15) is 0 Å². The Labute approximate surface area is 155 Å². The van der Waals surface area contributed by atoms with Crippen LogP contribution in [0.2, 0.25) is 0 Å². The Balaban J connectivity index is 1.50. The molecule has 1 unspecified atom stereocenters. The highest BCUT2D eigenvalue weighted by Crippen LogP contribution is 2.58. The van der Waals surface area contributed by atoms with Gasteiger partial charge in [0.2, 0.25) is 0 Å². The van der Waals surface area contributed by atoms with E-state index in [1.54, 1.807) is 4.90 Å². The summed E-state index contributed by atoms with van der Waals surface area (Å²) in [6.07, 6.45) is 5.86. The van der Waals surface area contributed by atoms with Crippen molar-refractivity contribution in [2.45, 2.75) is 64.5 Å². The van der Waals surface area contributed by atoms with Gasteiger partial charge >= 0.3 is 12.2 Å². The molecule has 5 rings (SSSR count). The van der Waals surface area contributed by atoms with Crippen molar-refractivity contribution in [3.05, 3.63) is 0 Å². The third-order valence-electron chi connectivity index (χ3n) is 7.24. The third kappa shape index (κ3) is 3.27. The zero-order valence-corrected chi connectivity index (χ0v) is 15.9. The minimum absolute atomic E-state index is 0.0888. The van der Waals surface area contributed by atoms with Crippen molar-refractivity contribution in [1.82, 2.24) is 10.2 Å². The van der Waals surface area contributed by atoms with Gasteiger partial charge in [-0.1, -0.05) is 13.8 Å². The number of carbonyl (C=O) groups is 2. The van der Waals surface area contributed by atoms with E-state index in [2.05, 4.69) is 5.32 Å². The fourth-order valence-electron chi connectivity index (χ4n) is 6.63. The Morgan fingerprint density at radius 2 is 1.73 bits per heavy atom. The smallest absolute Gasteiger partial charge is 0.407 e. The summed E-state index contributed by atoms with van der Waals surface area (Å²) in [6, 6.07) is -0.206. The summed E-state index contributed by atoms with van der Waals surface area (Å²) in [6.45, 7) is 4.92. The quantitative estimate of drug-likeness (QED) is 0.799. The molecule has 6 heteroatoms. The Morgan fingerprint density at radius 3 is 2.27 bits per heavy atom. The number of amides is 2. The fourth-order valence-corrected chi connectivity index (χ4v) is 6.63. The fraction of sp³-hybridized carbons (Fsp3) is 0.900. The van der Waals surface area contributed by atoms with Crippen molar-refractivity contribution < 1.29 is 19.4 Å². The first-order valence-corrected chi connectivity index (χ1v) is 10.3. The lowest BCUT2D eigenvalue weighted by molar-refractivity contribution is -0.0675. The molecule has 5 aliphatic rings. The molecule has 0 radical (unpaired) electrons. The first kappa shape index (κ1) is 17.9. The zero-order chi connectivity index (χ0) is 18.4. The molecule has 0 aromatic heterocycles. The molecule has 146 valence electrons. The SMILES string of the molecule is CC(C)COC(=O)NC1CCN(C(=O)O)[C@@H]1C1C2CC3CC(C2)CC1C3. The third-order valence-corrected chi connectivity index (χ3v) is 7.24. The molecule has 1 heterocycles. The van der Waals surface area contributed by atoms with E-state index in [0.29, 0.717) is 43.2 Å². The summed E-state index contributed by atoms with van der Waals surface area (Å²) < 4.78 is 5.30. The van der Waals surface area contributed by atoms with Crippen molar-refractivity contribution in [2.75, 3.05) is 13.2 Å². The van der Waals surface area contributed by atoms with E-state index in [-0.39, 0.29) is 12.1 Å². The average Bonchev–Trinajstić information content (AvgIpc) is 2.96. The molecule has 2 N–H and O–H groups in total. The van der Waals surface area contributed by atoms with Crippen molar-refractivity contribution in [2.24, 2.45) is 35.5 Å². The first-order valence-electron chi connectivity index (χ1n) is 10.3. The summed E-state index contributed by atoms with van der Waals surface area (Å²) in [7, 11) is 0. The molecule has 0 aromatic rings. The van der Waals surface area contributed by atoms with Gasteiger partial charge in [0, 0.05) is 6.54 Å². The maximum Gasteiger partial charge on any atom is 0.407 e. The highest BCUT2D eigenvalue weighted by Gasteiger charge is 2.55. The molecular formula is C20H32N2O4. The van der Waals surface area contributed by atoms with Gasteiger partial charge in [0.25, 0.3) is 0 Å². The summed E-state index contributed by atoms with van der Waals surface area (Å²) in [5.74, 6) is 3.67. The molecule has 6 nitrogen and oxygen atoms in total. The Bertz CT molecular complexity index is 536. The number of nitrogens with one attached hydrogen (secondary N) is 1. The molecule has 5 fully saturated rings. The Hall–Kier alpha value is -1.46. The highest BCUT2D eigenvalue weighted by atomic mass is 16.5. The molecule has 4 bridgehead atoms. The van der Waals surface area contributed by atoms with E-state index in [0.717, 1.165) is 11.8 Å². The van der Waals surface area contributed by atoms with E-state index in [4.69, 9.17) is 4.74 Å². The number of nitrogens with zero attached hydrogens (tertiary/aromatic N) is 1. The molecule has 2 amide bonds. The molecule has 4 aliphatic carbocycles. The van der Waals surface area contributed by atoms with E-state index in [1.807, 2.05) is 13.8 Å². The van der Waals surface area contributed by atoms with E-state index >= 15 is 0 Å². The van der Waals surface area contributed by atoms with E-state index in [1.165, 1.54) is 32.1 Å². The molecule has 26 heavy (non-hydrogen) atoms. The largest absolute Gasteiger partial charge is 0.465 e. The van der Waals surface area contributed by atoms with Crippen molar-refractivity contribution in [1.29, 1.82) is 0 Å². The van der Waals surface area contributed by atoms with Gasteiger partial charge in [0.05, 0.1) is 18.7 Å². The van der Waals surface area contributed by atoms with Gasteiger partial charge in [-0.25, -0.2) is 9.59 Å². The maximum atomic E-state index is 12.2. The van der Waals surface area contributed by atoms with Crippen LogP contribution in [0.15, 0.2) is 0 Å². The minimum atomic E-state index is -0.844. The number of ether oxygens (including phenoxy) is 1. The van der Waals surface area contributed by atoms with E-state index < -0.39 is 12.2 Å². The normalized spacial score (nSPS) is 40.9. The lowest BCUT2D eigenvalue weighted by atomic mass is 9.50. The topological polar surface area (TPSA) is 78.9 Å². The van der Waals surface area contributed by atoms with Crippen LogP contribution in [-0.4, -0.2) is 47.4 Å². The molecular weight excluding hydrogens is 332 g/mol. The first-order chi connectivity index (χ1) is 12.4. The van der Waals surface area contributed by atoms with Gasteiger partial charge in [-0.3, -0.25) is 0 Å². The van der Waals surface area contributed by atoms with Gasteiger partial charge in [-0.05, 0) is 74.0 Å². The van der Waals surface area contributed by atoms with Crippen LogP contribution in [0, 0.1) is 35.5 Å². The second kappa shape index (κ2) is 6.93. The van der Waals surface area contributed by atoms with Crippen LogP contribution in [0.1, 0.15) is 52.4 Å². The molecule has 1 saturated heterocycles. The second-order valence-corrected chi connectivity index (χ2v) is 9.51. The summed E-state index contributed by atoms with van der Waals surface area (Å²) in [4.78, 5) is 25.7. The molecule has 2 atom stereocenters. The van der Waals surface area contributed by atoms with E-state index in [9.17, 15) is 14.7 Å². The number of hydrogen-bond donors (Lipinski definition) is 2. The average molecular weight is 364 g/mol. The Morgan fingerprint density at radius 1 is 1.12 bits per heavy atom. The molecule has 0 spiro atoms. The van der Waals surface area contributed by atoms with Gasteiger partial charge < -0.3 is 20.1 Å². The lowest BCUT2D eigenvalue weighted by Crippen LogP contribution is -2.58. The van der Waals surface area contributed by atoms with Gasteiger partial charge in [0.15, 0.2) is 0 Å². The lowest BCUT2D eigenvalue weighted by Gasteiger charge is -2.57. The molecule has 4 saturated carbocycles. The van der Waals surface area contributed by atoms with Crippen molar-refractivity contribution in [3.8, 4) is 0 Å². The van der Waals surface area contributed by atoms with Crippen LogP contribution >= 0.6 is 0 Å². The predicted molar refractivity (Wildman–Crippen MR) is 96.8 cm³/mol. The number of rotatable bonds is 4. The summed E-state index contributed by atoms with van der Waals surface area (Å²) in [5, 5.41) is 12.8. The van der Waals surface area contributed by atoms with Gasteiger partial charge in [0.1, 0.15) is 0 Å².